The van der Waals surface area contributed by atoms with E-state index in [1.807, 2.05) is 4.90 Å². The van der Waals surface area contributed by atoms with Crippen LogP contribution < -0.4 is 9.64 Å². The minimum atomic E-state index is -4.68. The topological polar surface area (TPSA) is 76.4 Å². The van der Waals surface area contributed by atoms with Crippen molar-refractivity contribution in [3.05, 3.63) is 59.6 Å². The summed E-state index contributed by atoms with van der Waals surface area (Å²) in [5.74, 6) is 0.153. The Morgan fingerprint density at radius 1 is 1.12 bits per heavy atom. The molecule has 0 saturated carbocycles. The summed E-state index contributed by atoms with van der Waals surface area (Å²) in [6.45, 7) is 1.53. The molecule has 0 N–H and O–H groups in total. The number of halogens is 4. The normalized spacial score (nSPS) is 14.5. The summed E-state index contributed by atoms with van der Waals surface area (Å²) in [5.41, 5.74) is -0.929. The van der Waals surface area contributed by atoms with Crippen molar-refractivity contribution >= 4 is 23.3 Å². The molecule has 8 nitrogen and oxygen atoms in total. The number of hydrogen-bond donors (Lipinski definition) is 0. The predicted octanol–water partition coefficient (Wildman–Crippen LogP) is 3.06. The molecule has 1 saturated heterocycles. The van der Waals surface area contributed by atoms with Gasteiger partial charge in [0.2, 0.25) is 5.88 Å². The number of nitrogens with zero attached hydrogens (tertiary/aromatic N) is 6. The second kappa shape index (κ2) is 9.03. The molecule has 3 heterocycles. The summed E-state index contributed by atoms with van der Waals surface area (Å²) in [6.07, 6.45) is 0.149. The molecular formula is C20H18ClF3N6O2. The molecule has 0 atom stereocenters. The molecule has 2 aromatic heterocycles. The Balaban J connectivity index is 1.44. The molecule has 0 aliphatic carbocycles. The average molecular weight is 467 g/mol. The molecule has 1 aliphatic heterocycles. The lowest BCUT2D eigenvalue weighted by Crippen LogP contribution is -2.50. The first-order valence-electron chi connectivity index (χ1n) is 9.66. The van der Waals surface area contributed by atoms with Gasteiger partial charge in [0.05, 0.1) is 16.9 Å². The standard InChI is InChI=1S/C20H18ClF3N6O2/c21-14-3-1-2-4-15(14)30-19(11-16(27-30)20(22,23)24)32-13-18(31)29-9-7-28(8-10-29)17-12-25-5-6-26-17/h1-6,11-12H,7-10,13H2. The van der Waals surface area contributed by atoms with Gasteiger partial charge in [-0.25, -0.2) is 4.98 Å². The fourth-order valence-electron chi connectivity index (χ4n) is 3.27. The fourth-order valence-corrected chi connectivity index (χ4v) is 3.48. The van der Waals surface area contributed by atoms with Crippen molar-refractivity contribution in [1.82, 2.24) is 24.6 Å². The SMILES string of the molecule is O=C(COc1cc(C(F)(F)F)nn1-c1ccccc1Cl)N1CCN(c2cnccn2)CC1. The van der Waals surface area contributed by atoms with Gasteiger partial charge in [-0.3, -0.25) is 9.78 Å². The lowest BCUT2D eigenvalue weighted by molar-refractivity contribution is -0.141. The number of hydrogen-bond acceptors (Lipinski definition) is 6. The van der Waals surface area contributed by atoms with Crippen molar-refractivity contribution < 1.29 is 22.7 Å². The maximum atomic E-state index is 13.2. The zero-order valence-corrected chi connectivity index (χ0v) is 17.4. The van der Waals surface area contributed by atoms with E-state index in [1.165, 1.54) is 12.1 Å². The van der Waals surface area contributed by atoms with Crippen LogP contribution in [0.25, 0.3) is 5.69 Å². The Morgan fingerprint density at radius 3 is 2.53 bits per heavy atom. The third-order valence-electron chi connectivity index (χ3n) is 4.90. The minimum Gasteiger partial charge on any atom is -0.467 e. The number of anilines is 1. The van der Waals surface area contributed by atoms with E-state index in [0.717, 1.165) is 16.6 Å². The van der Waals surface area contributed by atoms with Crippen molar-refractivity contribution in [3.63, 3.8) is 0 Å². The van der Waals surface area contributed by atoms with Crippen molar-refractivity contribution in [3.8, 4) is 11.6 Å². The van der Waals surface area contributed by atoms with Crippen LogP contribution in [-0.2, 0) is 11.0 Å². The van der Waals surface area contributed by atoms with Gasteiger partial charge < -0.3 is 14.5 Å². The Bertz CT molecular complexity index is 1080. The smallest absolute Gasteiger partial charge is 0.435 e. The summed E-state index contributed by atoms with van der Waals surface area (Å²) in [5, 5.41) is 3.78. The quantitative estimate of drug-likeness (QED) is 0.575. The zero-order chi connectivity index (χ0) is 22.7. The van der Waals surface area contributed by atoms with E-state index in [1.54, 1.807) is 35.6 Å². The number of benzene rings is 1. The molecular weight excluding hydrogens is 449 g/mol. The van der Waals surface area contributed by atoms with Crippen LogP contribution in [-0.4, -0.2) is 63.3 Å². The van der Waals surface area contributed by atoms with Crippen LogP contribution in [0.5, 0.6) is 5.88 Å². The summed E-state index contributed by atoms with van der Waals surface area (Å²) in [6, 6.07) is 7.04. The number of piperazine rings is 1. The third-order valence-corrected chi connectivity index (χ3v) is 5.22. The molecule has 1 fully saturated rings. The largest absolute Gasteiger partial charge is 0.467 e. The maximum Gasteiger partial charge on any atom is 0.435 e. The summed E-state index contributed by atoms with van der Waals surface area (Å²) < 4.78 is 46.0. The number of para-hydroxylation sites is 1. The summed E-state index contributed by atoms with van der Waals surface area (Å²) in [4.78, 5) is 24.5. The van der Waals surface area contributed by atoms with Crippen LogP contribution >= 0.6 is 11.6 Å². The maximum absolute atomic E-state index is 13.2. The van der Waals surface area contributed by atoms with Crippen molar-refractivity contribution in [1.29, 1.82) is 0 Å². The predicted molar refractivity (Wildman–Crippen MR) is 110 cm³/mol. The summed E-state index contributed by atoms with van der Waals surface area (Å²) >= 11 is 6.12. The highest BCUT2D eigenvalue weighted by Crippen LogP contribution is 2.33. The van der Waals surface area contributed by atoms with Gasteiger partial charge in [0.15, 0.2) is 12.3 Å². The van der Waals surface area contributed by atoms with Gasteiger partial charge in [0.1, 0.15) is 5.82 Å². The fraction of sp³-hybridized carbons (Fsp3) is 0.300. The molecule has 1 amide bonds. The van der Waals surface area contributed by atoms with Crippen LogP contribution in [0, 0.1) is 0 Å². The van der Waals surface area contributed by atoms with Crippen LogP contribution in [0.3, 0.4) is 0 Å². The van der Waals surface area contributed by atoms with Gasteiger partial charge in [-0.2, -0.15) is 23.0 Å². The molecule has 1 aliphatic rings. The first kappa shape index (κ1) is 21.9. The molecule has 1 aromatic carbocycles. The monoisotopic (exact) mass is 466 g/mol. The molecule has 4 rings (SSSR count). The molecule has 168 valence electrons. The number of carbonyl (C=O) groups excluding carboxylic acids is 1. The molecule has 3 aromatic rings. The second-order valence-corrected chi connectivity index (χ2v) is 7.36. The van der Waals surface area contributed by atoms with E-state index >= 15 is 0 Å². The molecule has 32 heavy (non-hydrogen) atoms. The second-order valence-electron chi connectivity index (χ2n) is 6.95. The number of carbonyl (C=O) groups is 1. The van der Waals surface area contributed by atoms with Crippen LogP contribution in [0.2, 0.25) is 5.02 Å². The van der Waals surface area contributed by atoms with E-state index in [-0.39, 0.29) is 22.5 Å². The van der Waals surface area contributed by atoms with E-state index < -0.39 is 18.5 Å². The summed E-state index contributed by atoms with van der Waals surface area (Å²) in [7, 11) is 0. The lowest BCUT2D eigenvalue weighted by Gasteiger charge is -2.35. The Morgan fingerprint density at radius 2 is 1.88 bits per heavy atom. The average Bonchev–Trinajstić information content (AvgIpc) is 3.23. The van der Waals surface area contributed by atoms with Crippen molar-refractivity contribution in [2.45, 2.75) is 6.18 Å². The Labute approximate surface area is 186 Å². The Hall–Kier alpha value is -3.34. The number of alkyl halides is 3. The van der Waals surface area contributed by atoms with E-state index in [2.05, 4.69) is 15.1 Å². The highest BCUT2D eigenvalue weighted by atomic mass is 35.5. The number of aromatic nitrogens is 4. The Kier molecular flexibility index (Phi) is 6.17. The number of ether oxygens (including phenoxy) is 1. The van der Waals surface area contributed by atoms with Gasteiger partial charge in [-0.1, -0.05) is 23.7 Å². The first-order valence-corrected chi connectivity index (χ1v) is 10.0. The van der Waals surface area contributed by atoms with Gasteiger partial charge >= 0.3 is 6.18 Å². The van der Waals surface area contributed by atoms with Crippen molar-refractivity contribution in [2.24, 2.45) is 0 Å². The minimum absolute atomic E-state index is 0.195. The van der Waals surface area contributed by atoms with Gasteiger partial charge in [0.25, 0.3) is 5.91 Å². The van der Waals surface area contributed by atoms with Crippen molar-refractivity contribution in [2.75, 3.05) is 37.7 Å². The van der Waals surface area contributed by atoms with E-state index in [4.69, 9.17) is 16.3 Å². The molecule has 0 unspecified atom stereocenters. The van der Waals surface area contributed by atoms with E-state index in [9.17, 15) is 18.0 Å². The lowest BCUT2D eigenvalue weighted by atomic mass is 10.3. The highest BCUT2D eigenvalue weighted by molar-refractivity contribution is 6.32. The molecule has 0 bridgehead atoms. The van der Waals surface area contributed by atoms with E-state index in [0.29, 0.717) is 26.2 Å². The van der Waals surface area contributed by atoms with Gasteiger partial charge in [-0.15, -0.1) is 0 Å². The zero-order valence-electron chi connectivity index (χ0n) is 16.7. The number of amides is 1. The first-order chi connectivity index (χ1) is 15.3. The number of rotatable bonds is 5. The van der Waals surface area contributed by atoms with Gasteiger partial charge in [0, 0.05) is 44.6 Å². The molecule has 0 radical (unpaired) electrons. The van der Waals surface area contributed by atoms with Crippen LogP contribution in [0.15, 0.2) is 48.9 Å². The van der Waals surface area contributed by atoms with Gasteiger partial charge in [-0.05, 0) is 12.1 Å². The highest BCUT2D eigenvalue weighted by Gasteiger charge is 2.36. The van der Waals surface area contributed by atoms with Crippen LogP contribution in [0.4, 0.5) is 19.0 Å². The molecule has 12 heteroatoms. The third kappa shape index (κ3) is 4.77. The molecule has 0 spiro atoms. The van der Waals surface area contributed by atoms with Crippen LogP contribution in [0.1, 0.15) is 5.69 Å².